The first kappa shape index (κ1) is 10.5. The minimum Gasteiger partial charge on any atom is -0.485 e. The van der Waals surface area contributed by atoms with Gasteiger partial charge in [0.05, 0.1) is 0 Å². The second kappa shape index (κ2) is 4.28. The third-order valence-electron chi connectivity index (χ3n) is 2.35. The van der Waals surface area contributed by atoms with E-state index in [9.17, 15) is 4.79 Å². The molecule has 0 spiro atoms. The zero-order chi connectivity index (χ0) is 12.4. The van der Waals surface area contributed by atoms with E-state index >= 15 is 0 Å². The molecule has 3 rings (SSSR count). The van der Waals surface area contributed by atoms with Gasteiger partial charge in [-0.1, -0.05) is 5.21 Å². The van der Waals surface area contributed by atoms with Gasteiger partial charge in [-0.15, -0.1) is 10.2 Å². The van der Waals surface area contributed by atoms with E-state index < -0.39 is 5.63 Å². The van der Waals surface area contributed by atoms with E-state index in [4.69, 9.17) is 9.15 Å². The van der Waals surface area contributed by atoms with Crippen molar-refractivity contribution in [3.63, 3.8) is 0 Å². The van der Waals surface area contributed by atoms with Gasteiger partial charge >= 0.3 is 5.63 Å². The lowest BCUT2D eigenvalue weighted by Gasteiger charge is -2.03. The van der Waals surface area contributed by atoms with Crippen LogP contribution in [0, 0.1) is 0 Å². The van der Waals surface area contributed by atoms with Crippen molar-refractivity contribution in [2.75, 3.05) is 0 Å². The van der Waals surface area contributed by atoms with E-state index in [1.54, 1.807) is 18.2 Å². The number of rotatable bonds is 3. The molecule has 1 aromatic carbocycles. The van der Waals surface area contributed by atoms with Gasteiger partial charge in [-0.2, -0.15) is 5.21 Å². The molecule has 0 bridgehead atoms. The van der Waals surface area contributed by atoms with E-state index in [0.717, 1.165) is 5.39 Å². The summed E-state index contributed by atoms with van der Waals surface area (Å²) in [5.74, 6) is 1.02. The van der Waals surface area contributed by atoms with Crippen molar-refractivity contribution in [3.05, 3.63) is 46.6 Å². The predicted octanol–water partition coefficient (Wildman–Crippen LogP) is 0.885. The van der Waals surface area contributed by atoms with Crippen molar-refractivity contribution in [3.8, 4) is 5.75 Å². The number of aromatic amines is 1. The molecule has 7 nitrogen and oxygen atoms in total. The molecule has 0 atom stereocenters. The van der Waals surface area contributed by atoms with Crippen LogP contribution in [0.1, 0.15) is 5.82 Å². The van der Waals surface area contributed by atoms with Crippen LogP contribution in [0.3, 0.4) is 0 Å². The third kappa shape index (κ3) is 2.05. The summed E-state index contributed by atoms with van der Waals surface area (Å²) in [5, 5.41) is 14.1. The fraction of sp³-hybridized carbons (Fsp3) is 0.0909. The molecule has 0 aliphatic rings. The monoisotopic (exact) mass is 244 g/mol. The molecule has 2 heterocycles. The number of nitrogens with zero attached hydrogens (tertiary/aromatic N) is 3. The molecule has 3 aromatic rings. The molecule has 90 valence electrons. The van der Waals surface area contributed by atoms with Crippen LogP contribution in [-0.4, -0.2) is 20.6 Å². The number of benzene rings is 1. The number of hydrogen-bond acceptors (Lipinski definition) is 6. The SMILES string of the molecule is O=c1ccc2ccc(OCc3nn[nH]n3)cc2o1. The molecule has 0 unspecified atom stereocenters. The van der Waals surface area contributed by atoms with E-state index in [1.807, 2.05) is 6.07 Å². The van der Waals surface area contributed by atoms with Crippen molar-refractivity contribution in [1.29, 1.82) is 0 Å². The Kier molecular flexibility index (Phi) is 2.49. The Bertz CT molecular complexity index is 720. The lowest BCUT2D eigenvalue weighted by molar-refractivity contribution is 0.296. The molecular formula is C11H8N4O3. The summed E-state index contributed by atoms with van der Waals surface area (Å²) in [4.78, 5) is 11.1. The van der Waals surface area contributed by atoms with Crippen LogP contribution in [0.5, 0.6) is 5.75 Å². The second-order valence-corrected chi connectivity index (χ2v) is 3.57. The highest BCUT2D eigenvalue weighted by atomic mass is 16.5. The fourth-order valence-electron chi connectivity index (χ4n) is 1.52. The minimum absolute atomic E-state index is 0.194. The zero-order valence-corrected chi connectivity index (χ0v) is 9.16. The van der Waals surface area contributed by atoms with Crippen molar-refractivity contribution in [2.24, 2.45) is 0 Å². The van der Waals surface area contributed by atoms with Crippen LogP contribution < -0.4 is 10.4 Å². The maximum atomic E-state index is 11.1. The maximum Gasteiger partial charge on any atom is 0.336 e. The van der Waals surface area contributed by atoms with Gasteiger partial charge in [0.15, 0.2) is 6.61 Å². The summed E-state index contributed by atoms with van der Waals surface area (Å²) < 4.78 is 10.5. The minimum atomic E-state index is -0.391. The van der Waals surface area contributed by atoms with Crippen LogP contribution in [0.4, 0.5) is 0 Å². The number of ether oxygens (including phenoxy) is 1. The molecule has 18 heavy (non-hydrogen) atoms. The second-order valence-electron chi connectivity index (χ2n) is 3.57. The molecule has 1 N–H and O–H groups in total. The standard InChI is InChI=1S/C11H8N4O3/c16-11-4-2-7-1-3-8(5-9(7)18-11)17-6-10-12-14-15-13-10/h1-5H,6H2,(H,12,13,14,15). The Labute approximate surface area is 100 Å². The van der Waals surface area contributed by atoms with Crippen LogP contribution in [0.15, 0.2) is 39.5 Å². The van der Waals surface area contributed by atoms with Crippen molar-refractivity contribution in [2.45, 2.75) is 6.61 Å². The van der Waals surface area contributed by atoms with Gasteiger partial charge in [0.25, 0.3) is 0 Å². The van der Waals surface area contributed by atoms with Gasteiger partial charge in [0.1, 0.15) is 11.3 Å². The van der Waals surface area contributed by atoms with E-state index in [0.29, 0.717) is 17.2 Å². The normalized spacial score (nSPS) is 10.7. The third-order valence-corrected chi connectivity index (χ3v) is 2.35. The molecule has 0 aliphatic carbocycles. The van der Waals surface area contributed by atoms with Crippen LogP contribution >= 0.6 is 0 Å². The highest BCUT2D eigenvalue weighted by Gasteiger charge is 2.02. The quantitative estimate of drug-likeness (QED) is 0.687. The summed E-state index contributed by atoms with van der Waals surface area (Å²) in [6, 6.07) is 8.31. The van der Waals surface area contributed by atoms with Gasteiger partial charge in [-0.05, 0) is 18.2 Å². The summed E-state index contributed by atoms with van der Waals surface area (Å²) in [5.41, 5.74) is 0.0888. The first-order valence-electron chi connectivity index (χ1n) is 5.20. The largest absolute Gasteiger partial charge is 0.485 e. The topological polar surface area (TPSA) is 93.9 Å². The highest BCUT2D eigenvalue weighted by Crippen LogP contribution is 2.19. The molecule has 0 aliphatic heterocycles. The number of fused-ring (bicyclic) bond motifs is 1. The molecule has 0 amide bonds. The Morgan fingerprint density at radius 1 is 1.28 bits per heavy atom. The summed E-state index contributed by atoms with van der Waals surface area (Å²) in [6.45, 7) is 0.194. The smallest absolute Gasteiger partial charge is 0.336 e. The zero-order valence-electron chi connectivity index (χ0n) is 9.16. The van der Waals surface area contributed by atoms with Gasteiger partial charge in [-0.3, -0.25) is 0 Å². The lowest BCUT2D eigenvalue weighted by Crippen LogP contribution is -1.98. The fourth-order valence-corrected chi connectivity index (χ4v) is 1.52. The Morgan fingerprint density at radius 2 is 2.17 bits per heavy atom. The molecule has 0 saturated carbocycles. The average molecular weight is 244 g/mol. The lowest BCUT2D eigenvalue weighted by atomic mass is 10.2. The number of nitrogens with one attached hydrogen (secondary N) is 1. The van der Waals surface area contributed by atoms with Gasteiger partial charge in [0, 0.05) is 17.5 Å². The Balaban J connectivity index is 1.86. The molecule has 0 radical (unpaired) electrons. The first-order valence-corrected chi connectivity index (χ1v) is 5.20. The predicted molar refractivity (Wildman–Crippen MR) is 61.0 cm³/mol. The average Bonchev–Trinajstić information content (AvgIpc) is 2.89. The number of hydrogen-bond donors (Lipinski definition) is 1. The van der Waals surface area contributed by atoms with Crippen molar-refractivity contribution >= 4 is 11.0 Å². The molecule has 7 heteroatoms. The summed E-state index contributed by atoms with van der Waals surface area (Å²) >= 11 is 0. The first-order chi connectivity index (χ1) is 8.81. The maximum absolute atomic E-state index is 11.1. The van der Waals surface area contributed by atoms with Crippen LogP contribution in [0.2, 0.25) is 0 Å². The van der Waals surface area contributed by atoms with Crippen LogP contribution in [-0.2, 0) is 6.61 Å². The van der Waals surface area contributed by atoms with E-state index in [1.165, 1.54) is 6.07 Å². The van der Waals surface area contributed by atoms with E-state index in [-0.39, 0.29) is 6.61 Å². The highest BCUT2D eigenvalue weighted by molar-refractivity contribution is 5.77. The van der Waals surface area contributed by atoms with Crippen molar-refractivity contribution < 1.29 is 9.15 Å². The summed E-state index contributed by atoms with van der Waals surface area (Å²) in [7, 11) is 0. The van der Waals surface area contributed by atoms with Gasteiger partial charge in [-0.25, -0.2) is 4.79 Å². The molecule has 2 aromatic heterocycles. The number of H-pyrrole nitrogens is 1. The Morgan fingerprint density at radius 3 is 3.00 bits per heavy atom. The van der Waals surface area contributed by atoms with Crippen molar-refractivity contribution in [1.82, 2.24) is 20.6 Å². The van der Waals surface area contributed by atoms with Gasteiger partial charge < -0.3 is 9.15 Å². The van der Waals surface area contributed by atoms with Crippen LogP contribution in [0.25, 0.3) is 11.0 Å². The summed E-state index contributed by atoms with van der Waals surface area (Å²) in [6.07, 6.45) is 0. The molecular weight excluding hydrogens is 236 g/mol. The molecule has 0 saturated heterocycles. The number of aromatic nitrogens is 4. The molecule has 0 fully saturated rings. The number of tetrazole rings is 1. The van der Waals surface area contributed by atoms with Gasteiger partial charge in [0.2, 0.25) is 5.82 Å². The Hall–Kier alpha value is -2.70. The van der Waals surface area contributed by atoms with E-state index in [2.05, 4.69) is 20.6 Å².